The highest BCUT2D eigenvalue weighted by molar-refractivity contribution is 7.89. The van der Waals surface area contributed by atoms with Gasteiger partial charge in [-0.2, -0.15) is 4.72 Å². The lowest BCUT2D eigenvalue weighted by Gasteiger charge is -2.20. The summed E-state index contributed by atoms with van der Waals surface area (Å²) in [5, 5.41) is 13.9. The van der Waals surface area contributed by atoms with Crippen LogP contribution in [0.1, 0.15) is 19.4 Å². The quantitative estimate of drug-likeness (QED) is 0.397. The summed E-state index contributed by atoms with van der Waals surface area (Å²) in [6, 6.07) is 22.7. The van der Waals surface area contributed by atoms with Crippen LogP contribution in [0, 0.1) is 19.3 Å². The van der Waals surface area contributed by atoms with Crippen LogP contribution in [0.3, 0.4) is 0 Å². The summed E-state index contributed by atoms with van der Waals surface area (Å²) in [5.41, 5.74) is 1.74. The number of terminal acetylenes is 1. The van der Waals surface area contributed by atoms with Crippen molar-refractivity contribution in [2.75, 3.05) is 5.32 Å². The average molecular weight is 457 g/mol. The first kappa shape index (κ1) is 22.5. The van der Waals surface area contributed by atoms with Crippen LogP contribution in [0.15, 0.2) is 77.7 Å². The number of fused-ring (bicyclic) bond motifs is 1. The Kier molecular flexibility index (Phi) is 5.90. The van der Waals surface area contributed by atoms with Gasteiger partial charge in [-0.05, 0) is 44.5 Å². The molecule has 7 heteroatoms. The number of rotatable bonds is 6. The summed E-state index contributed by atoms with van der Waals surface area (Å²) >= 11 is 0. The molecule has 0 unspecified atom stereocenters. The molecule has 0 saturated carbocycles. The van der Waals surface area contributed by atoms with Gasteiger partial charge in [0.2, 0.25) is 10.0 Å². The van der Waals surface area contributed by atoms with Gasteiger partial charge in [-0.25, -0.2) is 8.42 Å². The molecule has 0 saturated heterocycles. The second kappa shape index (κ2) is 8.66. The largest absolute Gasteiger partial charge is 0.338 e. The Morgan fingerprint density at radius 1 is 0.909 bits per heavy atom. The molecule has 2 N–H and O–H groups in total. The van der Waals surface area contributed by atoms with Gasteiger partial charge in [0.1, 0.15) is 5.69 Å². The number of hydrogen-bond donors (Lipinski definition) is 2. The van der Waals surface area contributed by atoms with E-state index < -0.39 is 15.6 Å². The van der Waals surface area contributed by atoms with Gasteiger partial charge in [-0.1, -0.05) is 60.5 Å². The number of aryl methyl sites for hydroxylation is 1. The topological polar surface area (TPSA) is 84.0 Å². The zero-order chi connectivity index (χ0) is 23.6. The van der Waals surface area contributed by atoms with Crippen LogP contribution in [-0.2, 0) is 10.0 Å². The lowest BCUT2D eigenvalue weighted by Crippen LogP contribution is -2.42. The van der Waals surface area contributed by atoms with Crippen LogP contribution in [-0.4, -0.2) is 24.2 Å². The fourth-order valence-corrected chi connectivity index (χ4v) is 5.14. The molecule has 0 radical (unpaired) electrons. The Labute approximate surface area is 194 Å². The third kappa shape index (κ3) is 4.72. The van der Waals surface area contributed by atoms with Crippen LogP contribution < -0.4 is 10.0 Å². The van der Waals surface area contributed by atoms with Gasteiger partial charge in [-0.3, -0.25) is 0 Å². The molecule has 0 fully saturated rings. The fourth-order valence-electron chi connectivity index (χ4n) is 3.52. The van der Waals surface area contributed by atoms with E-state index in [0.29, 0.717) is 22.6 Å². The van der Waals surface area contributed by atoms with Crippen LogP contribution in [0.4, 0.5) is 11.5 Å². The van der Waals surface area contributed by atoms with Crippen molar-refractivity contribution in [3.8, 4) is 23.6 Å². The Morgan fingerprint density at radius 3 is 2.27 bits per heavy atom. The van der Waals surface area contributed by atoms with Gasteiger partial charge in [0, 0.05) is 22.0 Å². The first-order valence-electron chi connectivity index (χ1n) is 10.4. The Hall–Kier alpha value is -3.73. The monoisotopic (exact) mass is 456 g/mol. The molecule has 1 heterocycles. The van der Waals surface area contributed by atoms with E-state index in [-0.39, 0.29) is 4.90 Å². The number of para-hydroxylation sites is 1. The van der Waals surface area contributed by atoms with Gasteiger partial charge < -0.3 is 5.32 Å². The molecule has 0 aliphatic rings. The van der Waals surface area contributed by atoms with Gasteiger partial charge >= 0.3 is 0 Å². The third-order valence-corrected chi connectivity index (χ3v) is 7.02. The summed E-state index contributed by atoms with van der Waals surface area (Å²) in [6.07, 6.45) is 5.48. The second-order valence-electron chi connectivity index (χ2n) is 8.29. The number of aromatic nitrogens is 2. The lowest BCUT2D eigenvalue weighted by atomic mass is 10.0. The van der Waals surface area contributed by atoms with Crippen LogP contribution in [0.2, 0.25) is 0 Å². The predicted molar refractivity (Wildman–Crippen MR) is 133 cm³/mol. The zero-order valence-electron chi connectivity index (χ0n) is 18.6. The van der Waals surface area contributed by atoms with Crippen molar-refractivity contribution in [1.82, 2.24) is 14.9 Å². The molecule has 166 valence electrons. The maximum absolute atomic E-state index is 13.1. The smallest absolute Gasteiger partial charge is 0.242 e. The second-order valence-corrected chi connectivity index (χ2v) is 9.94. The molecule has 4 rings (SSSR count). The molecule has 3 aromatic carbocycles. The minimum Gasteiger partial charge on any atom is -0.338 e. The summed E-state index contributed by atoms with van der Waals surface area (Å²) in [5.74, 6) is 3.09. The summed E-state index contributed by atoms with van der Waals surface area (Å²) < 4.78 is 28.7. The van der Waals surface area contributed by atoms with E-state index in [9.17, 15) is 8.42 Å². The van der Waals surface area contributed by atoms with Gasteiger partial charge in [-0.15, -0.1) is 16.6 Å². The number of nitrogens with one attached hydrogen (secondary N) is 2. The number of nitrogens with zero attached hydrogens (tertiary/aromatic N) is 2. The molecule has 33 heavy (non-hydrogen) atoms. The van der Waals surface area contributed by atoms with E-state index >= 15 is 0 Å². The number of sulfonamides is 1. The normalized spacial score (nSPS) is 11.8. The van der Waals surface area contributed by atoms with Crippen molar-refractivity contribution >= 4 is 32.3 Å². The summed E-state index contributed by atoms with van der Waals surface area (Å²) in [4.78, 5) is 0.153. The minimum atomic E-state index is -3.85. The maximum atomic E-state index is 13.1. The van der Waals surface area contributed by atoms with Crippen molar-refractivity contribution in [3.63, 3.8) is 0 Å². The molecule has 0 atom stereocenters. The van der Waals surface area contributed by atoms with Crippen molar-refractivity contribution in [2.24, 2.45) is 0 Å². The maximum Gasteiger partial charge on any atom is 0.242 e. The molecule has 0 aliphatic heterocycles. The highest BCUT2D eigenvalue weighted by atomic mass is 32.2. The Bertz CT molecular complexity index is 1470. The molecule has 6 nitrogen and oxygen atoms in total. The van der Waals surface area contributed by atoms with E-state index in [4.69, 9.17) is 6.42 Å². The summed E-state index contributed by atoms with van der Waals surface area (Å²) in [7, 11) is -3.85. The van der Waals surface area contributed by atoms with Crippen LogP contribution in [0.5, 0.6) is 0 Å². The standard InChI is InChI=1S/C26H24N4O2S/c1-5-26(3,4)30-33(31,32)23-17-19(16-15-18(23)2)24-21-13-9-10-14-22(21)25(29-28-24)27-20-11-7-6-8-12-20/h1,6-17,30H,2-4H3,(H,27,29). The van der Waals surface area contributed by atoms with E-state index in [1.54, 1.807) is 32.9 Å². The molecule has 0 spiro atoms. The molecular formula is C26H24N4O2S. The number of anilines is 2. The Morgan fingerprint density at radius 2 is 1.58 bits per heavy atom. The van der Waals surface area contributed by atoms with E-state index in [2.05, 4.69) is 26.2 Å². The third-order valence-electron chi connectivity index (χ3n) is 5.23. The first-order valence-corrected chi connectivity index (χ1v) is 11.9. The van der Waals surface area contributed by atoms with Gasteiger partial charge in [0.15, 0.2) is 5.82 Å². The highest BCUT2D eigenvalue weighted by Gasteiger charge is 2.26. The first-order chi connectivity index (χ1) is 15.7. The highest BCUT2D eigenvalue weighted by Crippen LogP contribution is 2.32. The van der Waals surface area contributed by atoms with Gasteiger partial charge in [0.25, 0.3) is 0 Å². The lowest BCUT2D eigenvalue weighted by molar-refractivity contribution is 0.538. The molecular weight excluding hydrogens is 432 g/mol. The molecule has 1 aromatic heterocycles. The number of benzene rings is 3. The average Bonchev–Trinajstić information content (AvgIpc) is 2.80. The minimum absolute atomic E-state index is 0.153. The molecule has 4 aromatic rings. The Balaban J connectivity index is 1.81. The molecule has 0 amide bonds. The van der Waals surface area contributed by atoms with E-state index in [1.165, 1.54) is 0 Å². The van der Waals surface area contributed by atoms with Crippen LogP contribution in [0.25, 0.3) is 22.0 Å². The number of hydrogen-bond acceptors (Lipinski definition) is 5. The van der Waals surface area contributed by atoms with E-state index in [1.807, 2.05) is 60.7 Å². The molecule has 0 aliphatic carbocycles. The van der Waals surface area contributed by atoms with Crippen molar-refractivity contribution < 1.29 is 8.42 Å². The fraction of sp³-hybridized carbons (Fsp3) is 0.154. The zero-order valence-corrected chi connectivity index (χ0v) is 19.4. The van der Waals surface area contributed by atoms with Crippen molar-refractivity contribution in [3.05, 3.63) is 78.4 Å². The molecule has 0 bridgehead atoms. The summed E-state index contributed by atoms with van der Waals surface area (Å²) in [6.45, 7) is 5.03. The van der Waals surface area contributed by atoms with Crippen molar-refractivity contribution in [2.45, 2.75) is 31.2 Å². The van der Waals surface area contributed by atoms with Crippen molar-refractivity contribution in [1.29, 1.82) is 0 Å². The van der Waals surface area contributed by atoms with Gasteiger partial charge in [0.05, 0.1) is 10.4 Å². The van der Waals surface area contributed by atoms with E-state index in [0.717, 1.165) is 16.5 Å². The predicted octanol–water partition coefficient (Wildman–Crippen LogP) is 5.04. The SMILES string of the molecule is C#CC(C)(C)NS(=O)(=O)c1cc(-c2nnc(Nc3ccccc3)c3ccccc23)ccc1C. The van der Waals surface area contributed by atoms with Crippen LogP contribution >= 0.6 is 0 Å².